The monoisotopic (exact) mass is 428 g/mol. The third-order valence-electron chi connectivity index (χ3n) is 5.17. The Labute approximate surface area is 180 Å². The van der Waals surface area contributed by atoms with Gasteiger partial charge >= 0.3 is 5.97 Å². The molecule has 0 unspecified atom stereocenters. The number of rotatable bonds is 8. The first kappa shape index (κ1) is 22.5. The molecule has 1 aliphatic heterocycles. The van der Waals surface area contributed by atoms with Crippen LogP contribution in [0.2, 0.25) is 0 Å². The molecule has 9 nitrogen and oxygen atoms in total. The lowest BCUT2D eigenvalue weighted by Gasteiger charge is -2.31. The highest BCUT2D eigenvalue weighted by atomic mass is 16.5. The standard InChI is InChI=1S/C22H28N4O5/c1-3-30-17-9-7-15(8-10-17)20-23-21(28)18(24-25-20)11-12-19(27)26-13-5-6-16(14-26)22(29)31-4-2/h7-10,16H,3-6,11-14H2,1-2H3,(H,23,25,28)/t16-/m0/s1. The van der Waals surface area contributed by atoms with Gasteiger partial charge in [-0.25, -0.2) is 0 Å². The number of amides is 1. The summed E-state index contributed by atoms with van der Waals surface area (Å²) in [4.78, 5) is 41.4. The molecule has 2 heterocycles. The van der Waals surface area contributed by atoms with Crippen molar-refractivity contribution in [1.82, 2.24) is 20.1 Å². The fourth-order valence-corrected chi connectivity index (χ4v) is 3.57. The summed E-state index contributed by atoms with van der Waals surface area (Å²) in [6.07, 6.45) is 1.80. The van der Waals surface area contributed by atoms with Crippen molar-refractivity contribution in [2.75, 3.05) is 26.3 Å². The second-order valence-electron chi connectivity index (χ2n) is 7.34. The number of piperidine rings is 1. The molecule has 1 aliphatic rings. The summed E-state index contributed by atoms with van der Waals surface area (Å²) in [5.41, 5.74) is 0.561. The van der Waals surface area contributed by atoms with Gasteiger partial charge in [0.25, 0.3) is 5.56 Å². The van der Waals surface area contributed by atoms with Gasteiger partial charge in [-0.1, -0.05) is 0 Å². The Morgan fingerprint density at radius 3 is 2.61 bits per heavy atom. The molecule has 0 bridgehead atoms. The SMILES string of the molecule is CCOC(=O)[C@H]1CCCN(C(=O)CCc2nnc(-c3ccc(OCC)cc3)[nH]c2=O)C1. The van der Waals surface area contributed by atoms with Gasteiger partial charge in [0.15, 0.2) is 5.82 Å². The van der Waals surface area contributed by atoms with Gasteiger partial charge in [0.1, 0.15) is 11.4 Å². The Hall–Kier alpha value is -3.23. The number of ether oxygens (including phenoxy) is 2. The van der Waals surface area contributed by atoms with E-state index in [9.17, 15) is 14.4 Å². The Kier molecular flexibility index (Phi) is 7.75. The quantitative estimate of drug-likeness (QED) is 0.639. The van der Waals surface area contributed by atoms with E-state index in [1.807, 2.05) is 6.92 Å². The van der Waals surface area contributed by atoms with Crippen molar-refractivity contribution in [3.8, 4) is 17.1 Å². The van der Waals surface area contributed by atoms with Crippen LogP contribution in [0.3, 0.4) is 0 Å². The predicted octanol–water partition coefficient (Wildman–Crippen LogP) is 1.96. The van der Waals surface area contributed by atoms with E-state index in [1.54, 1.807) is 36.1 Å². The van der Waals surface area contributed by atoms with Crippen LogP contribution < -0.4 is 10.3 Å². The zero-order valence-electron chi connectivity index (χ0n) is 17.9. The van der Waals surface area contributed by atoms with Crippen LogP contribution in [0, 0.1) is 5.92 Å². The number of aryl methyl sites for hydroxylation is 1. The molecule has 166 valence electrons. The molecule has 31 heavy (non-hydrogen) atoms. The van der Waals surface area contributed by atoms with Crippen LogP contribution in [0.5, 0.6) is 5.75 Å². The number of nitrogens with one attached hydrogen (secondary N) is 1. The first-order valence-corrected chi connectivity index (χ1v) is 10.6. The third-order valence-corrected chi connectivity index (χ3v) is 5.17. The van der Waals surface area contributed by atoms with E-state index in [1.165, 1.54) is 0 Å². The zero-order chi connectivity index (χ0) is 22.2. The predicted molar refractivity (Wildman–Crippen MR) is 114 cm³/mol. The molecule has 0 spiro atoms. The molecule has 0 radical (unpaired) electrons. The topological polar surface area (TPSA) is 114 Å². The van der Waals surface area contributed by atoms with Crippen LogP contribution in [-0.2, 0) is 20.7 Å². The summed E-state index contributed by atoms with van der Waals surface area (Å²) < 4.78 is 10.5. The average molecular weight is 428 g/mol. The molecular formula is C22H28N4O5. The van der Waals surface area contributed by atoms with Gasteiger partial charge in [0.2, 0.25) is 5.91 Å². The van der Waals surface area contributed by atoms with Gasteiger partial charge < -0.3 is 19.4 Å². The van der Waals surface area contributed by atoms with Gasteiger partial charge in [-0.05, 0) is 51.0 Å². The van der Waals surface area contributed by atoms with Crippen LogP contribution in [0.25, 0.3) is 11.4 Å². The van der Waals surface area contributed by atoms with E-state index in [0.717, 1.165) is 18.6 Å². The molecule has 0 aliphatic carbocycles. The zero-order valence-corrected chi connectivity index (χ0v) is 17.9. The van der Waals surface area contributed by atoms with Crippen molar-refractivity contribution >= 4 is 11.9 Å². The van der Waals surface area contributed by atoms with Crippen molar-refractivity contribution in [3.05, 3.63) is 40.3 Å². The van der Waals surface area contributed by atoms with Gasteiger partial charge in [-0.15, -0.1) is 10.2 Å². The highest BCUT2D eigenvalue weighted by Crippen LogP contribution is 2.20. The minimum absolute atomic E-state index is 0.106. The molecule has 1 N–H and O–H groups in total. The molecular weight excluding hydrogens is 400 g/mol. The lowest BCUT2D eigenvalue weighted by molar-refractivity contribution is -0.151. The lowest BCUT2D eigenvalue weighted by Crippen LogP contribution is -2.43. The molecule has 1 amide bonds. The Morgan fingerprint density at radius 1 is 1.16 bits per heavy atom. The van der Waals surface area contributed by atoms with Crippen LogP contribution in [0.1, 0.15) is 38.8 Å². The number of H-pyrrole nitrogens is 1. The maximum absolute atomic E-state index is 12.6. The normalized spacial score (nSPS) is 16.1. The van der Waals surface area contributed by atoms with Crippen molar-refractivity contribution in [3.63, 3.8) is 0 Å². The fraction of sp³-hybridized carbons (Fsp3) is 0.500. The van der Waals surface area contributed by atoms with Crippen molar-refractivity contribution in [1.29, 1.82) is 0 Å². The first-order valence-electron chi connectivity index (χ1n) is 10.6. The molecule has 1 saturated heterocycles. The van der Waals surface area contributed by atoms with Crippen molar-refractivity contribution in [2.24, 2.45) is 5.92 Å². The van der Waals surface area contributed by atoms with E-state index in [2.05, 4.69) is 15.2 Å². The van der Waals surface area contributed by atoms with Crippen LogP contribution in [0.15, 0.2) is 29.1 Å². The van der Waals surface area contributed by atoms with Gasteiger partial charge in [-0.3, -0.25) is 14.4 Å². The molecule has 3 rings (SSSR count). The number of esters is 1. The summed E-state index contributed by atoms with van der Waals surface area (Å²) >= 11 is 0. The number of aromatic amines is 1. The Morgan fingerprint density at radius 2 is 1.94 bits per heavy atom. The summed E-state index contributed by atoms with van der Waals surface area (Å²) in [5.74, 6) is 0.447. The first-order chi connectivity index (χ1) is 15.0. The molecule has 1 aromatic carbocycles. The van der Waals surface area contributed by atoms with Crippen molar-refractivity contribution < 1.29 is 19.1 Å². The molecule has 1 fully saturated rings. The number of likely N-dealkylation sites (tertiary alicyclic amines) is 1. The van der Waals surface area contributed by atoms with Crippen LogP contribution in [-0.4, -0.2) is 58.3 Å². The number of carbonyl (C=O) groups excluding carboxylic acids is 2. The molecule has 2 aromatic rings. The minimum Gasteiger partial charge on any atom is -0.494 e. The largest absolute Gasteiger partial charge is 0.494 e. The molecule has 1 atom stereocenters. The molecule has 0 saturated carbocycles. The number of benzene rings is 1. The van der Waals surface area contributed by atoms with E-state index in [-0.39, 0.29) is 41.9 Å². The maximum atomic E-state index is 12.6. The number of hydrogen-bond acceptors (Lipinski definition) is 7. The Balaban J connectivity index is 1.58. The summed E-state index contributed by atoms with van der Waals surface area (Å²) in [7, 11) is 0. The van der Waals surface area contributed by atoms with Gasteiger partial charge in [0.05, 0.1) is 19.1 Å². The van der Waals surface area contributed by atoms with Gasteiger partial charge in [0, 0.05) is 31.5 Å². The fourth-order valence-electron chi connectivity index (χ4n) is 3.57. The highest BCUT2D eigenvalue weighted by Gasteiger charge is 2.29. The van der Waals surface area contributed by atoms with E-state index < -0.39 is 0 Å². The second-order valence-corrected chi connectivity index (χ2v) is 7.34. The van der Waals surface area contributed by atoms with E-state index in [4.69, 9.17) is 9.47 Å². The summed E-state index contributed by atoms with van der Waals surface area (Å²) in [6.45, 7) is 5.54. The number of carbonyl (C=O) groups is 2. The molecule has 1 aromatic heterocycles. The molecule has 9 heteroatoms. The summed E-state index contributed by atoms with van der Waals surface area (Å²) in [6, 6.07) is 7.19. The number of aromatic nitrogens is 3. The summed E-state index contributed by atoms with van der Waals surface area (Å²) in [5, 5.41) is 8.13. The lowest BCUT2D eigenvalue weighted by atomic mass is 9.98. The van der Waals surface area contributed by atoms with Gasteiger partial charge in [-0.2, -0.15) is 0 Å². The minimum atomic E-state index is -0.366. The third kappa shape index (κ3) is 5.90. The highest BCUT2D eigenvalue weighted by molar-refractivity contribution is 5.78. The van der Waals surface area contributed by atoms with E-state index >= 15 is 0 Å². The van der Waals surface area contributed by atoms with Crippen LogP contribution in [0.4, 0.5) is 0 Å². The smallest absolute Gasteiger partial charge is 0.310 e. The Bertz CT molecular complexity index is 957. The van der Waals surface area contributed by atoms with Crippen molar-refractivity contribution in [2.45, 2.75) is 39.5 Å². The van der Waals surface area contributed by atoms with Crippen LogP contribution >= 0.6 is 0 Å². The number of hydrogen-bond donors (Lipinski definition) is 1. The number of nitrogens with zero attached hydrogens (tertiary/aromatic N) is 3. The second kappa shape index (κ2) is 10.7. The maximum Gasteiger partial charge on any atom is 0.310 e. The van der Waals surface area contributed by atoms with E-state index in [0.29, 0.717) is 37.7 Å². The average Bonchev–Trinajstić information content (AvgIpc) is 2.79.